The molecular weight excluding hydrogens is 270 g/mol. The maximum absolute atomic E-state index is 12.3. The van der Waals surface area contributed by atoms with Crippen molar-refractivity contribution >= 4 is 5.91 Å². The summed E-state index contributed by atoms with van der Waals surface area (Å²) in [6.07, 6.45) is 3.64. The van der Waals surface area contributed by atoms with Crippen LogP contribution in [0.1, 0.15) is 36.3 Å². The van der Waals surface area contributed by atoms with Gasteiger partial charge in [0, 0.05) is 19.5 Å². The van der Waals surface area contributed by atoms with Crippen molar-refractivity contribution in [1.29, 1.82) is 0 Å². The topological polar surface area (TPSA) is 20.3 Å². The van der Waals surface area contributed by atoms with Gasteiger partial charge in [-0.05, 0) is 36.3 Å². The van der Waals surface area contributed by atoms with Crippen molar-refractivity contribution in [3.05, 3.63) is 71.8 Å². The molecule has 0 saturated carbocycles. The number of amides is 1. The summed E-state index contributed by atoms with van der Waals surface area (Å²) in [5.74, 6) is 0.912. The largest absolute Gasteiger partial charge is 0.343 e. The number of carbonyl (C=O) groups is 1. The van der Waals surface area contributed by atoms with Crippen LogP contribution in [0.2, 0.25) is 0 Å². The Morgan fingerprint density at radius 3 is 2.14 bits per heavy atom. The zero-order valence-corrected chi connectivity index (χ0v) is 12.9. The van der Waals surface area contributed by atoms with Gasteiger partial charge in [-0.3, -0.25) is 4.79 Å². The number of hydrogen-bond acceptors (Lipinski definition) is 1. The first-order chi connectivity index (χ1) is 10.8. The number of carbonyl (C=O) groups excluding carboxylic acids is 1. The number of nitrogens with zero attached hydrogens (tertiary/aromatic N) is 1. The third kappa shape index (κ3) is 3.76. The Hall–Kier alpha value is -2.09. The molecule has 0 spiro atoms. The van der Waals surface area contributed by atoms with Crippen molar-refractivity contribution in [2.75, 3.05) is 13.1 Å². The Balaban J connectivity index is 1.48. The third-order valence-corrected chi connectivity index (χ3v) is 4.59. The van der Waals surface area contributed by atoms with Crippen molar-refractivity contribution in [1.82, 2.24) is 4.90 Å². The van der Waals surface area contributed by atoms with Gasteiger partial charge >= 0.3 is 0 Å². The van der Waals surface area contributed by atoms with Crippen LogP contribution in [0.25, 0.3) is 0 Å². The Bertz CT molecular complexity index is 586. The lowest BCUT2D eigenvalue weighted by molar-refractivity contribution is -0.132. The van der Waals surface area contributed by atoms with Gasteiger partial charge in [0.05, 0.1) is 0 Å². The van der Waals surface area contributed by atoms with E-state index >= 15 is 0 Å². The molecule has 1 aliphatic heterocycles. The fourth-order valence-electron chi connectivity index (χ4n) is 3.24. The van der Waals surface area contributed by atoms with Gasteiger partial charge in [0.1, 0.15) is 0 Å². The number of hydrogen-bond donors (Lipinski definition) is 0. The second kappa shape index (κ2) is 7.26. The van der Waals surface area contributed by atoms with Crippen LogP contribution < -0.4 is 0 Å². The van der Waals surface area contributed by atoms with E-state index in [1.807, 2.05) is 23.1 Å². The lowest BCUT2D eigenvalue weighted by Gasteiger charge is -2.32. The van der Waals surface area contributed by atoms with Crippen molar-refractivity contribution in [3.8, 4) is 0 Å². The predicted octanol–water partition coefficient (Wildman–Crippen LogP) is 4.03. The molecule has 1 amide bonds. The van der Waals surface area contributed by atoms with Crippen LogP contribution in [0.4, 0.5) is 0 Å². The van der Waals surface area contributed by atoms with Gasteiger partial charge in [0.15, 0.2) is 0 Å². The Kier molecular flexibility index (Phi) is 4.89. The fraction of sp³-hybridized carbons (Fsp3) is 0.350. The molecule has 0 aliphatic carbocycles. The molecule has 3 rings (SSSR count). The van der Waals surface area contributed by atoms with Crippen molar-refractivity contribution in [2.24, 2.45) is 0 Å². The van der Waals surface area contributed by atoms with E-state index in [-0.39, 0.29) is 0 Å². The van der Waals surface area contributed by atoms with Crippen LogP contribution in [-0.2, 0) is 11.2 Å². The van der Waals surface area contributed by atoms with Crippen LogP contribution in [-0.4, -0.2) is 23.9 Å². The second-order valence-electron chi connectivity index (χ2n) is 6.05. The quantitative estimate of drug-likeness (QED) is 0.833. The molecule has 114 valence electrons. The van der Waals surface area contributed by atoms with Crippen LogP contribution in [0.15, 0.2) is 60.7 Å². The molecule has 0 radical (unpaired) electrons. The highest BCUT2D eigenvalue weighted by Crippen LogP contribution is 2.28. The molecule has 0 N–H and O–H groups in total. The summed E-state index contributed by atoms with van der Waals surface area (Å²) >= 11 is 0. The number of benzene rings is 2. The van der Waals surface area contributed by atoms with E-state index < -0.39 is 0 Å². The summed E-state index contributed by atoms with van der Waals surface area (Å²) in [7, 11) is 0. The highest BCUT2D eigenvalue weighted by molar-refractivity contribution is 5.76. The fourth-order valence-corrected chi connectivity index (χ4v) is 3.24. The average molecular weight is 293 g/mol. The molecule has 1 fully saturated rings. The van der Waals surface area contributed by atoms with Crippen LogP contribution in [0, 0.1) is 0 Å². The average Bonchev–Trinajstić information content (AvgIpc) is 2.61. The molecule has 2 nitrogen and oxygen atoms in total. The van der Waals surface area contributed by atoms with E-state index in [4.69, 9.17) is 0 Å². The van der Waals surface area contributed by atoms with E-state index in [0.29, 0.717) is 18.2 Å². The van der Waals surface area contributed by atoms with E-state index in [1.165, 1.54) is 11.1 Å². The molecule has 1 heterocycles. The lowest BCUT2D eigenvalue weighted by Crippen LogP contribution is -2.38. The number of likely N-dealkylation sites (tertiary alicyclic amines) is 1. The van der Waals surface area contributed by atoms with Gasteiger partial charge < -0.3 is 4.90 Å². The summed E-state index contributed by atoms with van der Waals surface area (Å²) in [6.45, 7) is 1.79. The summed E-state index contributed by atoms with van der Waals surface area (Å²) < 4.78 is 0. The zero-order valence-electron chi connectivity index (χ0n) is 12.9. The van der Waals surface area contributed by atoms with Gasteiger partial charge in [-0.1, -0.05) is 60.7 Å². The molecule has 1 aliphatic rings. The normalized spacial score (nSPS) is 15.7. The molecule has 2 heteroatoms. The second-order valence-corrected chi connectivity index (χ2v) is 6.05. The smallest absolute Gasteiger partial charge is 0.222 e. The van der Waals surface area contributed by atoms with Crippen LogP contribution in [0.5, 0.6) is 0 Å². The summed E-state index contributed by atoms with van der Waals surface area (Å²) in [4.78, 5) is 14.4. The van der Waals surface area contributed by atoms with Crippen LogP contribution in [0.3, 0.4) is 0 Å². The molecule has 1 saturated heterocycles. The van der Waals surface area contributed by atoms with Gasteiger partial charge in [0.25, 0.3) is 0 Å². The lowest BCUT2D eigenvalue weighted by atomic mass is 9.89. The number of aryl methyl sites for hydroxylation is 1. The Morgan fingerprint density at radius 2 is 1.50 bits per heavy atom. The number of rotatable bonds is 4. The first-order valence-corrected chi connectivity index (χ1v) is 8.19. The Morgan fingerprint density at radius 1 is 0.909 bits per heavy atom. The van der Waals surface area contributed by atoms with E-state index in [1.54, 1.807) is 0 Å². The molecule has 0 bridgehead atoms. The van der Waals surface area contributed by atoms with Gasteiger partial charge in [-0.15, -0.1) is 0 Å². The molecule has 0 aromatic heterocycles. The van der Waals surface area contributed by atoms with Gasteiger partial charge in [-0.25, -0.2) is 0 Å². The van der Waals surface area contributed by atoms with E-state index in [0.717, 1.165) is 32.4 Å². The van der Waals surface area contributed by atoms with Crippen LogP contribution >= 0.6 is 0 Å². The van der Waals surface area contributed by atoms with Gasteiger partial charge in [-0.2, -0.15) is 0 Å². The summed E-state index contributed by atoms with van der Waals surface area (Å²) in [5.41, 5.74) is 2.66. The third-order valence-electron chi connectivity index (χ3n) is 4.59. The maximum Gasteiger partial charge on any atom is 0.222 e. The minimum Gasteiger partial charge on any atom is -0.343 e. The predicted molar refractivity (Wildman–Crippen MR) is 89.8 cm³/mol. The van der Waals surface area contributed by atoms with Crippen molar-refractivity contribution in [3.63, 3.8) is 0 Å². The minimum atomic E-state index is 0.301. The van der Waals surface area contributed by atoms with E-state index in [9.17, 15) is 4.79 Å². The first-order valence-electron chi connectivity index (χ1n) is 8.19. The molecular formula is C20H23NO. The maximum atomic E-state index is 12.3. The SMILES string of the molecule is O=C(CCc1ccccc1)N1CCC(c2ccccc2)CC1. The first kappa shape index (κ1) is 14.8. The summed E-state index contributed by atoms with van der Waals surface area (Å²) in [5, 5.41) is 0. The molecule has 0 unspecified atom stereocenters. The Labute approximate surface area is 132 Å². The van der Waals surface area contributed by atoms with Crippen molar-refractivity contribution < 1.29 is 4.79 Å². The molecule has 2 aromatic rings. The minimum absolute atomic E-state index is 0.301. The molecule has 2 aromatic carbocycles. The molecule has 22 heavy (non-hydrogen) atoms. The monoisotopic (exact) mass is 293 g/mol. The van der Waals surface area contributed by atoms with E-state index in [2.05, 4.69) is 42.5 Å². The summed E-state index contributed by atoms with van der Waals surface area (Å²) in [6, 6.07) is 20.9. The highest BCUT2D eigenvalue weighted by atomic mass is 16.2. The standard InChI is InChI=1S/C20H23NO/c22-20(12-11-17-7-3-1-4-8-17)21-15-13-19(14-16-21)18-9-5-2-6-10-18/h1-10,19H,11-16H2. The molecule has 0 atom stereocenters. The zero-order chi connectivity index (χ0) is 15.2. The highest BCUT2D eigenvalue weighted by Gasteiger charge is 2.23. The number of piperidine rings is 1. The van der Waals surface area contributed by atoms with Crippen molar-refractivity contribution in [2.45, 2.75) is 31.6 Å². The van der Waals surface area contributed by atoms with Gasteiger partial charge in [0.2, 0.25) is 5.91 Å².